The van der Waals surface area contributed by atoms with Gasteiger partial charge in [-0.1, -0.05) is 100 Å². The lowest BCUT2D eigenvalue weighted by Gasteiger charge is -2.08. The summed E-state index contributed by atoms with van der Waals surface area (Å²) < 4.78 is 23.5. The van der Waals surface area contributed by atoms with Crippen LogP contribution >= 0.6 is 45.2 Å². The second kappa shape index (κ2) is 17.3. The van der Waals surface area contributed by atoms with Gasteiger partial charge < -0.3 is 18.3 Å². The standard InChI is InChI=1S/2C25H21IO4/c2*1-13(2)15-8-7-11-16-19(12-15)21(25(28)29-4)14(3)20(16)23-22(26)17-9-5-6-10-18(17)24(27)30-23/h2*5-13H,1-4H3. The minimum Gasteiger partial charge on any atom is -0.465 e. The molecule has 0 aliphatic heterocycles. The van der Waals surface area contributed by atoms with Gasteiger partial charge in [0.15, 0.2) is 11.5 Å². The van der Waals surface area contributed by atoms with Crippen molar-refractivity contribution in [3.05, 3.63) is 158 Å². The summed E-state index contributed by atoms with van der Waals surface area (Å²) >= 11 is 4.43. The second-order valence-electron chi connectivity index (χ2n) is 15.2. The summed E-state index contributed by atoms with van der Waals surface area (Å²) in [5.74, 6) is 0.751. The predicted octanol–water partition coefficient (Wildman–Crippen LogP) is 12.8. The Balaban J connectivity index is 0.000000181. The quantitative estimate of drug-likeness (QED) is 0.120. The number of fused-ring (bicyclic) bond motifs is 4. The van der Waals surface area contributed by atoms with Crippen LogP contribution in [0.15, 0.2) is 115 Å². The molecule has 0 N–H and O–H groups in total. The van der Waals surface area contributed by atoms with Crippen molar-refractivity contribution in [2.75, 3.05) is 14.2 Å². The molecule has 4 aliphatic carbocycles. The SMILES string of the molecule is COC(=O)c1c2cc(C(C)C)cccc-2c(-c2oc(=O)c3ccccc3c2I)c1C.COC(=O)c1c2cc(C(C)C)cccc-2c(-c2oc(=O)c3ccccc3c2I)c1C. The molecule has 0 unspecified atom stereocenters. The smallest absolute Gasteiger partial charge is 0.344 e. The van der Waals surface area contributed by atoms with E-state index in [4.69, 9.17) is 18.3 Å². The Kier molecular flexibility index (Phi) is 12.4. The number of halogens is 2. The van der Waals surface area contributed by atoms with Crippen molar-refractivity contribution in [2.24, 2.45) is 0 Å². The maximum atomic E-state index is 12.7. The molecule has 8 rings (SSSR count). The largest absolute Gasteiger partial charge is 0.465 e. The van der Waals surface area contributed by atoms with Crippen molar-refractivity contribution >= 4 is 78.7 Å². The second-order valence-corrected chi connectivity index (χ2v) is 17.4. The molecule has 0 atom stereocenters. The van der Waals surface area contributed by atoms with E-state index >= 15 is 0 Å². The first-order chi connectivity index (χ1) is 28.7. The lowest BCUT2D eigenvalue weighted by atomic mass is 10.0. The normalized spacial score (nSPS) is 11.4. The van der Waals surface area contributed by atoms with Gasteiger partial charge >= 0.3 is 23.2 Å². The van der Waals surface area contributed by atoms with Gasteiger partial charge in [-0.25, -0.2) is 19.2 Å². The van der Waals surface area contributed by atoms with Gasteiger partial charge in [0, 0.05) is 21.9 Å². The van der Waals surface area contributed by atoms with E-state index in [2.05, 4.69) is 72.9 Å². The number of carbonyl (C=O) groups excluding carboxylic acids is 2. The molecular formula is C50H42I2O8. The van der Waals surface area contributed by atoms with Crippen LogP contribution in [0, 0.1) is 21.0 Å². The summed E-state index contributed by atoms with van der Waals surface area (Å²) in [6, 6.07) is 30.9. The molecule has 0 bridgehead atoms. The number of benzene rings is 2. The highest BCUT2D eigenvalue weighted by atomic mass is 127. The third-order valence-corrected chi connectivity index (χ3v) is 13.1. The maximum absolute atomic E-state index is 12.7. The summed E-state index contributed by atoms with van der Waals surface area (Å²) in [6.45, 7) is 12.2. The molecule has 0 saturated carbocycles. The Labute approximate surface area is 374 Å². The van der Waals surface area contributed by atoms with Gasteiger partial charge in [-0.15, -0.1) is 0 Å². The zero-order valence-corrected chi connectivity index (χ0v) is 38.7. The Morgan fingerprint density at radius 1 is 0.517 bits per heavy atom. The summed E-state index contributed by atoms with van der Waals surface area (Å²) in [4.78, 5) is 50.9. The molecule has 0 fully saturated rings. The summed E-state index contributed by atoms with van der Waals surface area (Å²) in [5, 5.41) is 2.75. The zero-order chi connectivity index (χ0) is 43.2. The van der Waals surface area contributed by atoms with E-state index in [1.54, 1.807) is 12.1 Å². The lowest BCUT2D eigenvalue weighted by molar-refractivity contribution is 0.0592. The Hall–Kier alpha value is -5.34. The topological polar surface area (TPSA) is 113 Å². The fraction of sp³-hybridized carbons (Fsp3) is 0.200. The van der Waals surface area contributed by atoms with Crippen molar-refractivity contribution in [2.45, 2.75) is 53.4 Å². The van der Waals surface area contributed by atoms with Crippen molar-refractivity contribution in [1.29, 1.82) is 0 Å². The minimum absolute atomic E-state index is 0.295. The summed E-state index contributed by atoms with van der Waals surface area (Å²) in [6.07, 6.45) is 0. The van der Waals surface area contributed by atoms with Crippen LogP contribution in [-0.4, -0.2) is 26.2 Å². The van der Waals surface area contributed by atoms with Crippen LogP contribution in [0.2, 0.25) is 0 Å². The van der Waals surface area contributed by atoms with Crippen LogP contribution in [0.25, 0.3) is 66.4 Å². The molecule has 60 heavy (non-hydrogen) atoms. The number of esters is 2. The molecular weight excluding hydrogens is 982 g/mol. The Morgan fingerprint density at radius 2 is 0.867 bits per heavy atom. The average molecular weight is 1020 g/mol. The van der Waals surface area contributed by atoms with Gasteiger partial charge in [-0.05, 0) is 140 Å². The van der Waals surface area contributed by atoms with Gasteiger partial charge in [0.25, 0.3) is 0 Å². The molecule has 0 amide bonds. The predicted molar refractivity (Wildman–Crippen MR) is 255 cm³/mol. The van der Waals surface area contributed by atoms with Gasteiger partial charge in [-0.2, -0.15) is 0 Å². The highest BCUT2D eigenvalue weighted by Gasteiger charge is 2.31. The van der Waals surface area contributed by atoms with Crippen LogP contribution in [0.3, 0.4) is 0 Å². The van der Waals surface area contributed by atoms with Gasteiger partial charge in [0.05, 0.1) is 43.3 Å². The summed E-state index contributed by atoms with van der Waals surface area (Å²) in [5.41, 5.74) is 8.77. The van der Waals surface area contributed by atoms with Gasteiger partial charge in [0.2, 0.25) is 0 Å². The maximum Gasteiger partial charge on any atom is 0.344 e. The highest BCUT2D eigenvalue weighted by Crippen LogP contribution is 2.47. The highest BCUT2D eigenvalue weighted by molar-refractivity contribution is 14.1. The van der Waals surface area contributed by atoms with Crippen LogP contribution < -0.4 is 11.3 Å². The van der Waals surface area contributed by atoms with E-state index in [0.717, 1.165) is 73.5 Å². The fourth-order valence-electron chi connectivity index (χ4n) is 7.87. The van der Waals surface area contributed by atoms with Crippen LogP contribution in [0.1, 0.15) is 82.5 Å². The lowest BCUT2D eigenvalue weighted by Crippen LogP contribution is -2.04. The van der Waals surface area contributed by atoms with E-state index in [9.17, 15) is 19.2 Å². The molecule has 0 radical (unpaired) electrons. The van der Waals surface area contributed by atoms with E-state index in [1.807, 2.05) is 98.8 Å². The zero-order valence-electron chi connectivity index (χ0n) is 34.4. The third kappa shape index (κ3) is 7.53. The van der Waals surface area contributed by atoms with Crippen molar-refractivity contribution < 1.29 is 27.9 Å². The van der Waals surface area contributed by atoms with Crippen molar-refractivity contribution in [3.8, 4) is 44.9 Å². The molecule has 2 aromatic heterocycles. The van der Waals surface area contributed by atoms with E-state index in [0.29, 0.717) is 45.3 Å². The Bertz CT molecular complexity index is 2840. The Morgan fingerprint density at radius 3 is 1.20 bits per heavy atom. The van der Waals surface area contributed by atoms with Gasteiger partial charge in [-0.3, -0.25) is 0 Å². The number of ether oxygens (including phenoxy) is 2. The monoisotopic (exact) mass is 1020 g/mol. The number of hydrogen-bond acceptors (Lipinski definition) is 8. The number of hydrogen-bond donors (Lipinski definition) is 0. The molecule has 0 saturated heterocycles. The molecule has 2 aromatic carbocycles. The molecule has 10 heteroatoms. The number of carbonyl (C=O) groups is 2. The van der Waals surface area contributed by atoms with Gasteiger partial charge in [0.1, 0.15) is 0 Å². The number of methoxy groups -OCH3 is 2. The van der Waals surface area contributed by atoms with E-state index < -0.39 is 23.2 Å². The van der Waals surface area contributed by atoms with Crippen molar-refractivity contribution in [1.82, 2.24) is 0 Å². The molecule has 0 spiro atoms. The molecule has 8 nitrogen and oxygen atoms in total. The number of rotatable bonds is 6. The molecule has 4 aromatic rings. The minimum atomic E-state index is -0.400. The van der Waals surface area contributed by atoms with E-state index in [-0.39, 0.29) is 0 Å². The molecule has 2 heterocycles. The fourth-order valence-corrected chi connectivity index (χ4v) is 9.57. The first kappa shape index (κ1) is 42.8. The van der Waals surface area contributed by atoms with Crippen LogP contribution in [0.4, 0.5) is 0 Å². The van der Waals surface area contributed by atoms with Crippen LogP contribution in [0.5, 0.6) is 0 Å². The average Bonchev–Trinajstić information content (AvgIpc) is 3.42. The first-order valence-electron chi connectivity index (χ1n) is 19.4. The summed E-state index contributed by atoms with van der Waals surface area (Å²) in [7, 11) is 2.76. The third-order valence-electron chi connectivity index (χ3n) is 11.0. The van der Waals surface area contributed by atoms with Crippen molar-refractivity contribution in [3.63, 3.8) is 0 Å². The molecule has 4 aliphatic rings. The van der Waals surface area contributed by atoms with Crippen LogP contribution in [-0.2, 0) is 9.47 Å². The first-order valence-corrected chi connectivity index (χ1v) is 21.6. The van der Waals surface area contributed by atoms with E-state index in [1.165, 1.54) is 14.2 Å². The molecule has 304 valence electrons.